The molecule has 0 spiro atoms. The number of hydrogen-bond donors (Lipinski definition) is 0. The van der Waals surface area contributed by atoms with Gasteiger partial charge in [0.25, 0.3) is 11.8 Å². The summed E-state index contributed by atoms with van der Waals surface area (Å²) < 4.78 is 11.4. The molecule has 0 bridgehead atoms. The molecule has 1 saturated heterocycles. The smallest absolute Gasteiger partial charge is 0.266 e. The molecule has 0 radical (unpaired) electrons. The van der Waals surface area contributed by atoms with Crippen LogP contribution in [-0.2, 0) is 0 Å². The van der Waals surface area contributed by atoms with Crippen molar-refractivity contribution in [2.45, 2.75) is 12.8 Å². The van der Waals surface area contributed by atoms with Gasteiger partial charge in [-0.05, 0) is 67.9 Å². The van der Waals surface area contributed by atoms with Crippen molar-refractivity contribution < 1.29 is 19.1 Å². The first kappa shape index (κ1) is 23.9. The van der Waals surface area contributed by atoms with Gasteiger partial charge in [0.1, 0.15) is 11.5 Å². The highest BCUT2D eigenvalue weighted by Gasteiger charge is 2.36. The van der Waals surface area contributed by atoms with E-state index in [1.807, 2.05) is 24.3 Å². The van der Waals surface area contributed by atoms with Crippen LogP contribution in [0, 0.1) is 0 Å². The fourth-order valence-corrected chi connectivity index (χ4v) is 4.85. The van der Waals surface area contributed by atoms with Gasteiger partial charge in [0.2, 0.25) is 0 Å². The van der Waals surface area contributed by atoms with E-state index in [9.17, 15) is 9.59 Å². The second kappa shape index (κ2) is 10.8. The number of nitrogens with zero attached hydrogens (tertiary/aromatic N) is 3. The largest absolute Gasteiger partial charge is 0.495 e. The highest BCUT2D eigenvalue weighted by molar-refractivity contribution is 6.34. The van der Waals surface area contributed by atoms with E-state index in [2.05, 4.69) is 21.9 Å². The number of ether oxygens (including phenoxy) is 2. The molecule has 0 N–H and O–H groups in total. The van der Waals surface area contributed by atoms with Crippen LogP contribution in [0.25, 0.3) is 0 Å². The average molecular weight is 486 g/mol. The second-order valence-electron chi connectivity index (χ2n) is 9.04. The summed E-state index contributed by atoms with van der Waals surface area (Å²) in [5.41, 5.74) is 2.62. The third kappa shape index (κ3) is 4.93. The Balaban J connectivity index is 1.03. The van der Waals surface area contributed by atoms with Crippen LogP contribution in [-0.4, -0.2) is 63.2 Å². The molecule has 0 aliphatic carbocycles. The number of anilines is 2. The fraction of sp³-hybridized carbons (Fsp3) is 0.310. The van der Waals surface area contributed by atoms with Crippen LogP contribution in [0.15, 0.2) is 72.8 Å². The first-order valence-corrected chi connectivity index (χ1v) is 12.5. The van der Waals surface area contributed by atoms with Crippen LogP contribution in [0.1, 0.15) is 33.6 Å². The maximum absolute atomic E-state index is 12.6. The first-order chi connectivity index (χ1) is 17.7. The summed E-state index contributed by atoms with van der Waals surface area (Å²) in [6.07, 6.45) is 2.04. The maximum Gasteiger partial charge on any atom is 0.266 e. The topological polar surface area (TPSA) is 62.3 Å². The lowest BCUT2D eigenvalue weighted by Crippen LogP contribution is -2.46. The number of methoxy groups -OCH3 is 1. The number of imide groups is 1. The maximum atomic E-state index is 12.6. The molecule has 0 saturated carbocycles. The number of unbranched alkanes of at least 4 members (excludes halogenated alkanes) is 1. The van der Waals surface area contributed by atoms with Crippen molar-refractivity contribution in [2.75, 3.05) is 56.2 Å². The summed E-state index contributed by atoms with van der Waals surface area (Å²) in [6.45, 7) is 5.76. The third-order valence-corrected chi connectivity index (χ3v) is 6.82. The van der Waals surface area contributed by atoms with E-state index in [1.165, 1.54) is 10.6 Å². The molecule has 7 heteroatoms. The molecule has 3 aromatic rings. The lowest BCUT2D eigenvalue weighted by atomic mass is 10.1. The van der Waals surface area contributed by atoms with Crippen molar-refractivity contribution in [1.29, 1.82) is 0 Å². The van der Waals surface area contributed by atoms with Crippen molar-refractivity contribution in [3.63, 3.8) is 0 Å². The van der Waals surface area contributed by atoms with E-state index in [0.717, 1.165) is 57.1 Å². The number of fused-ring (bicyclic) bond motifs is 1. The normalized spacial score (nSPS) is 15.8. The molecule has 2 heterocycles. The van der Waals surface area contributed by atoms with Gasteiger partial charge in [-0.2, -0.15) is 0 Å². The monoisotopic (exact) mass is 485 g/mol. The molecule has 0 aromatic heterocycles. The van der Waals surface area contributed by atoms with Crippen molar-refractivity contribution in [3.05, 3.63) is 83.9 Å². The quantitative estimate of drug-likeness (QED) is 0.329. The molecule has 3 aromatic carbocycles. The number of para-hydroxylation sites is 2. The minimum Gasteiger partial charge on any atom is -0.495 e. The van der Waals surface area contributed by atoms with E-state index in [0.29, 0.717) is 23.4 Å². The SMILES string of the molecule is COc1ccccc1N1CCN(CCCCOc2ccc(N3C(=O)c4ccccc4C3=O)cc2)CC1. The molecule has 36 heavy (non-hydrogen) atoms. The fourth-order valence-electron chi connectivity index (χ4n) is 4.85. The molecule has 2 aliphatic heterocycles. The van der Waals surface area contributed by atoms with Crippen molar-refractivity contribution in [2.24, 2.45) is 0 Å². The van der Waals surface area contributed by atoms with Crippen molar-refractivity contribution in [3.8, 4) is 11.5 Å². The molecule has 0 unspecified atom stereocenters. The minimum atomic E-state index is -0.284. The van der Waals surface area contributed by atoms with Crippen LogP contribution in [0.2, 0.25) is 0 Å². The summed E-state index contributed by atoms with van der Waals surface area (Å²) in [4.78, 5) is 31.4. The Morgan fingerprint density at radius 2 is 1.39 bits per heavy atom. The molecular weight excluding hydrogens is 454 g/mol. The van der Waals surface area contributed by atoms with Crippen LogP contribution in [0.4, 0.5) is 11.4 Å². The molecule has 2 amide bonds. The van der Waals surface area contributed by atoms with E-state index in [1.54, 1.807) is 43.5 Å². The number of benzene rings is 3. The van der Waals surface area contributed by atoms with Gasteiger partial charge in [-0.3, -0.25) is 14.5 Å². The van der Waals surface area contributed by atoms with E-state index in [-0.39, 0.29) is 11.8 Å². The number of carbonyl (C=O) groups is 2. The molecule has 5 rings (SSSR count). The van der Waals surface area contributed by atoms with Crippen molar-refractivity contribution in [1.82, 2.24) is 4.90 Å². The Morgan fingerprint density at radius 3 is 2.06 bits per heavy atom. The van der Waals surface area contributed by atoms with Gasteiger partial charge in [0.05, 0.1) is 36.2 Å². The lowest BCUT2D eigenvalue weighted by molar-refractivity contribution is 0.0926. The Morgan fingerprint density at radius 1 is 0.750 bits per heavy atom. The number of piperazine rings is 1. The standard InChI is InChI=1S/C29H31N3O4/c1-35-27-11-5-4-10-26(27)31-19-17-30(18-20-31)16-6-7-21-36-23-14-12-22(13-15-23)32-28(33)24-8-2-3-9-25(24)29(32)34/h2-5,8-15H,6-7,16-21H2,1H3. The first-order valence-electron chi connectivity index (χ1n) is 12.5. The molecule has 1 fully saturated rings. The summed E-state index contributed by atoms with van der Waals surface area (Å²) in [6, 6.07) is 22.3. The minimum absolute atomic E-state index is 0.284. The van der Waals surface area contributed by atoms with E-state index < -0.39 is 0 Å². The highest BCUT2D eigenvalue weighted by Crippen LogP contribution is 2.30. The zero-order chi connectivity index (χ0) is 24.9. The van der Waals surface area contributed by atoms with Crippen molar-refractivity contribution >= 4 is 23.2 Å². The number of carbonyl (C=O) groups excluding carboxylic acids is 2. The van der Waals surface area contributed by atoms with Gasteiger partial charge in [0.15, 0.2) is 0 Å². The zero-order valence-corrected chi connectivity index (χ0v) is 20.6. The van der Waals surface area contributed by atoms with Gasteiger partial charge >= 0.3 is 0 Å². The van der Waals surface area contributed by atoms with Crippen LogP contribution >= 0.6 is 0 Å². The Bertz CT molecular complexity index is 1180. The van der Waals surface area contributed by atoms with Gasteiger partial charge in [-0.25, -0.2) is 4.90 Å². The molecule has 186 valence electrons. The summed E-state index contributed by atoms with van der Waals surface area (Å²) >= 11 is 0. The number of rotatable bonds is 9. The van der Waals surface area contributed by atoms with Crippen LogP contribution < -0.4 is 19.3 Å². The Labute approximate surface area is 211 Å². The number of amides is 2. The Kier molecular flexibility index (Phi) is 7.18. The predicted octanol–water partition coefficient (Wildman–Crippen LogP) is 4.48. The molecule has 0 atom stereocenters. The van der Waals surface area contributed by atoms with E-state index >= 15 is 0 Å². The van der Waals surface area contributed by atoms with Gasteiger partial charge in [-0.1, -0.05) is 24.3 Å². The third-order valence-electron chi connectivity index (χ3n) is 6.82. The summed E-state index contributed by atoms with van der Waals surface area (Å²) in [5.74, 6) is 1.10. The van der Waals surface area contributed by atoms with Gasteiger partial charge < -0.3 is 14.4 Å². The van der Waals surface area contributed by atoms with Gasteiger partial charge in [-0.15, -0.1) is 0 Å². The van der Waals surface area contributed by atoms with E-state index in [4.69, 9.17) is 9.47 Å². The number of hydrogen-bond acceptors (Lipinski definition) is 6. The molecular formula is C29H31N3O4. The van der Waals surface area contributed by atoms with Gasteiger partial charge in [0, 0.05) is 26.2 Å². The summed E-state index contributed by atoms with van der Waals surface area (Å²) in [5, 5.41) is 0. The zero-order valence-electron chi connectivity index (χ0n) is 20.6. The molecule has 2 aliphatic rings. The Hall–Kier alpha value is -3.84. The van der Waals surface area contributed by atoms with Crippen LogP contribution in [0.3, 0.4) is 0 Å². The second-order valence-corrected chi connectivity index (χ2v) is 9.04. The summed E-state index contributed by atoms with van der Waals surface area (Å²) in [7, 11) is 1.72. The lowest BCUT2D eigenvalue weighted by Gasteiger charge is -2.36. The van der Waals surface area contributed by atoms with Crippen LogP contribution in [0.5, 0.6) is 11.5 Å². The molecule has 7 nitrogen and oxygen atoms in total. The predicted molar refractivity (Wildman–Crippen MR) is 140 cm³/mol. The highest BCUT2D eigenvalue weighted by atomic mass is 16.5. The average Bonchev–Trinajstić information content (AvgIpc) is 3.19.